The zero-order valence-electron chi connectivity index (χ0n) is 18.5. The Balaban J connectivity index is 1.28. The Morgan fingerprint density at radius 3 is 2.10 bits per heavy atom. The highest BCUT2D eigenvalue weighted by Gasteiger charge is 2.42. The smallest absolute Gasteiger partial charge is 0.251 e. The fourth-order valence-electron chi connectivity index (χ4n) is 4.15. The van der Waals surface area contributed by atoms with Gasteiger partial charge in [-0.05, 0) is 57.6 Å². The number of carbonyl (C=O) groups is 1. The van der Waals surface area contributed by atoms with Gasteiger partial charge >= 0.3 is 0 Å². The summed E-state index contributed by atoms with van der Waals surface area (Å²) in [4.78, 5) is 16.6. The van der Waals surface area contributed by atoms with Crippen LogP contribution in [-0.2, 0) is 14.8 Å². The SMILES string of the molecule is CC1(C)C(=O)NC(=S)N1CCCCCCCN1CCN(S(=O)(=O)c2ccccc2)CC1. The van der Waals surface area contributed by atoms with E-state index < -0.39 is 15.6 Å². The summed E-state index contributed by atoms with van der Waals surface area (Å²) in [5, 5.41) is 3.29. The normalized spacial score (nSPS) is 20.3. The molecule has 1 amide bonds. The third-order valence-electron chi connectivity index (χ3n) is 6.26. The first-order valence-electron chi connectivity index (χ1n) is 11.1. The van der Waals surface area contributed by atoms with Crippen LogP contribution in [0.5, 0.6) is 0 Å². The maximum Gasteiger partial charge on any atom is 0.251 e. The lowest BCUT2D eigenvalue weighted by atomic mass is 10.0. The van der Waals surface area contributed by atoms with E-state index in [0.29, 0.717) is 23.1 Å². The molecule has 0 bridgehead atoms. The molecule has 31 heavy (non-hydrogen) atoms. The molecular formula is C22H34N4O3S2. The Morgan fingerprint density at radius 2 is 1.52 bits per heavy atom. The van der Waals surface area contributed by atoms with Gasteiger partial charge in [0.05, 0.1) is 4.90 Å². The second kappa shape index (κ2) is 10.4. The van der Waals surface area contributed by atoms with E-state index in [1.54, 1.807) is 28.6 Å². The van der Waals surface area contributed by atoms with Crippen LogP contribution < -0.4 is 5.32 Å². The van der Waals surface area contributed by atoms with E-state index >= 15 is 0 Å². The van der Waals surface area contributed by atoms with E-state index in [4.69, 9.17) is 12.2 Å². The standard InChI is InChI=1S/C22H34N4O3S2/c1-22(2)20(27)23-21(30)26(22)14-10-5-3-4-9-13-24-15-17-25(18-16-24)31(28,29)19-11-7-6-8-12-19/h6-8,11-12H,3-5,9-10,13-18H2,1-2H3,(H,23,27,30). The highest BCUT2D eigenvalue weighted by molar-refractivity contribution is 7.89. The maximum absolute atomic E-state index is 12.7. The summed E-state index contributed by atoms with van der Waals surface area (Å²) in [6.07, 6.45) is 5.58. The third kappa shape index (κ3) is 5.83. The van der Waals surface area contributed by atoms with Crippen molar-refractivity contribution in [3.8, 4) is 0 Å². The summed E-state index contributed by atoms with van der Waals surface area (Å²) in [5.74, 6) is -0.0193. The molecule has 172 valence electrons. The van der Waals surface area contributed by atoms with E-state index in [1.165, 1.54) is 0 Å². The van der Waals surface area contributed by atoms with Gasteiger partial charge in [0.15, 0.2) is 5.11 Å². The van der Waals surface area contributed by atoms with Crippen LogP contribution in [0, 0.1) is 0 Å². The van der Waals surface area contributed by atoms with Gasteiger partial charge in [-0.15, -0.1) is 0 Å². The molecular weight excluding hydrogens is 432 g/mol. The summed E-state index contributed by atoms with van der Waals surface area (Å²) in [5.41, 5.74) is -0.548. The molecule has 2 fully saturated rings. The Labute approximate surface area is 191 Å². The second-order valence-electron chi connectivity index (χ2n) is 8.80. The van der Waals surface area contributed by atoms with Crippen LogP contribution in [0.15, 0.2) is 35.2 Å². The van der Waals surface area contributed by atoms with Crippen molar-refractivity contribution in [2.45, 2.75) is 56.4 Å². The van der Waals surface area contributed by atoms with Crippen molar-refractivity contribution in [2.24, 2.45) is 0 Å². The number of hydrogen-bond acceptors (Lipinski definition) is 5. The lowest BCUT2D eigenvalue weighted by molar-refractivity contribution is -0.125. The number of sulfonamides is 1. The molecule has 1 N–H and O–H groups in total. The number of amides is 1. The number of piperazine rings is 1. The largest absolute Gasteiger partial charge is 0.335 e. The number of benzene rings is 1. The van der Waals surface area contributed by atoms with Gasteiger partial charge in [-0.25, -0.2) is 8.42 Å². The molecule has 0 atom stereocenters. The van der Waals surface area contributed by atoms with Crippen molar-refractivity contribution < 1.29 is 13.2 Å². The van der Waals surface area contributed by atoms with Gasteiger partial charge in [0.25, 0.3) is 5.91 Å². The number of thiocarbonyl (C=S) groups is 1. The van der Waals surface area contributed by atoms with Crippen LogP contribution in [0.4, 0.5) is 0 Å². The highest BCUT2D eigenvalue weighted by atomic mass is 32.2. The Kier molecular flexibility index (Phi) is 8.07. The predicted molar refractivity (Wildman–Crippen MR) is 126 cm³/mol. The molecule has 9 heteroatoms. The molecule has 0 radical (unpaired) electrons. The van der Waals surface area contributed by atoms with Crippen molar-refractivity contribution in [3.63, 3.8) is 0 Å². The van der Waals surface area contributed by atoms with Crippen molar-refractivity contribution >= 4 is 33.3 Å². The van der Waals surface area contributed by atoms with Crippen LogP contribution >= 0.6 is 12.2 Å². The first-order chi connectivity index (χ1) is 14.7. The topological polar surface area (TPSA) is 73.0 Å². The minimum atomic E-state index is -3.38. The molecule has 1 aromatic rings. The lowest BCUT2D eigenvalue weighted by Gasteiger charge is -2.34. The first kappa shape index (κ1) is 24.1. The van der Waals surface area contributed by atoms with Gasteiger partial charge in [-0.2, -0.15) is 4.31 Å². The van der Waals surface area contributed by atoms with Crippen LogP contribution in [0.25, 0.3) is 0 Å². The van der Waals surface area contributed by atoms with E-state index in [1.807, 2.05) is 24.8 Å². The Hall–Kier alpha value is -1.55. The zero-order valence-corrected chi connectivity index (χ0v) is 20.2. The molecule has 0 aliphatic carbocycles. The van der Waals surface area contributed by atoms with E-state index in [0.717, 1.165) is 58.3 Å². The first-order valence-corrected chi connectivity index (χ1v) is 13.0. The quantitative estimate of drug-likeness (QED) is 0.422. The van der Waals surface area contributed by atoms with Crippen LogP contribution in [-0.4, -0.2) is 78.3 Å². The zero-order chi connectivity index (χ0) is 22.5. The molecule has 7 nitrogen and oxygen atoms in total. The van der Waals surface area contributed by atoms with Crippen LogP contribution in [0.3, 0.4) is 0 Å². The number of nitrogens with zero attached hydrogens (tertiary/aromatic N) is 3. The number of unbranched alkanes of at least 4 members (excludes halogenated alkanes) is 4. The fraction of sp³-hybridized carbons (Fsp3) is 0.636. The molecule has 1 aromatic carbocycles. The molecule has 2 aliphatic rings. The molecule has 2 aliphatic heterocycles. The van der Waals surface area contributed by atoms with Gasteiger partial charge in [-0.1, -0.05) is 37.5 Å². The summed E-state index contributed by atoms with van der Waals surface area (Å²) >= 11 is 5.26. The molecule has 2 saturated heterocycles. The third-order valence-corrected chi connectivity index (χ3v) is 8.50. The van der Waals surface area contributed by atoms with E-state index in [2.05, 4.69) is 10.2 Å². The number of nitrogens with one attached hydrogen (secondary N) is 1. The molecule has 0 saturated carbocycles. The monoisotopic (exact) mass is 466 g/mol. The molecule has 0 unspecified atom stereocenters. The fourth-order valence-corrected chi connectivity index (χ4v) is 6.00. The summed E-state index contributed by atoms with van der Waals surface area (Å²) in [6, 6.07) is 8.68. The number of hydrogen-bond donors (Lipinski definition) is 1. The highest BCUT2D eigenvalue weighted by Crippen LogP contribution is 2.22. The lowest BCUT2D eigenvalue weighted by Crippen LogP contribution is -2.48. The molecule has 3 rings (SSSR count). The number of carbonyl (C=O) groups excluding carboxylic acids is 1. The van der Waals surface area contributed by atoms with Crippen molar-refractivity contribution in [1.82, 2.24) is 19.4 Å². The molecule has 2 heterocycles. The number of rotatable bonds is 10. The summed E-state index contributed by atoms with van der Waals surface area (Å²) in [6.45, 7) is 8.32. The average molecular weight is 467 g/mol. The minimum absolute atomic E-state index is 0.0193. The average Bonchev–Trinajstić information content (AvgIpc) is 2.95. The van der Waals surface area contributed by atoms with E-state index in [-0.39, 0.29) is 5.91 Å². The van der Waals surface area contributed by atoms with Gasteiger partial charge in [0.1, 0.15) is 5.54 Å². The van der Waals surface area contributed by atoms with Crippen molar-refractivity contribution in [2.75, 3.05) is 39.3 Å². The summed E-state index contributed by atoms with van der Waals surface area (Å²) < 4.78 is 27.0. The van der Waals surface area contributed by atoms with Crippen molar-refractivity contribution in [3.05, 3.63) is 30.3 Å². The second-order valence-corrected chi connectivity index (χ2v) is 11.1. The van der Waals surface area contributed by atoms with Crippen molar-refractivity contribution in [1.29, 1.82) is 0 Å². The van der Waals surface area contributed by atoms with Crippen LogP contribution in [0.1, 0.15) is 46.0 Å². The van der Waals surface area contributed by atoms with E-state index in [9.17, 15) is 13.2 Å². The van der Waals surface area contributed by atoms with Gasteiger partial charge in [-0.3, -0.25) is 4.79 Å². The van der Waals surface area contributed by atoms with Gasteiger partial charge < -0.3 is 15.1 Å². The molecule has 0 spiro atoms. The predicted octanol–water partition coefficient (Wildman–Crippen LogP) is 2.44. The van der Waals surface area contributed by atoms with Crippen LogP contribution in [0.2, 0.25) is 0 Å². The Bertz CT molecular complexity index is 866. The summed E-state index contributed by atoms with van der Waals surface area (Å²) in [7, 11) is -3.38. The van der Waals surface area contributed by atoms with Gasteiger partial charge in [0, 0.05) is 32.7 Å². The minimum Gasteiger partial charge on any atom is -0.335 e. The Morgan fingerprint density at radius 1 is 0.935 bits per heavy atom. The molecule has 0 aromatic heterocycles. The van der Waals surface area contributed by atoms with Gasteiger partial charge in [0.2, 0.25) is 10.0 Å². The maximum atomic E-state index is 12.7.